The van der Waals surface area contributed by atoms with Gasteiger partial charge in [-0.3, -0.25) is 0 Å². The summed E-state index contributed by atoms with van der Waals surface area (Å²) in [5.41, 5.74) is 0. The monoisotopic (exact) mass is 268 g/mol. The molecule has 2 atom stereocenters. The minimum Gasteiger partial charge on any atom is -0.367 e. The Morgan fingerprint density at radius 1 is 1.33 bits per heavy atom. The molecule has 3 heteroatoms. The lowest BCUT2D eigenvalue weighted by atomic mass is 9.86. The van der Waals surface area contributed by atoms with E-state index in [1.54, 1.807) is 0 Å². The van der Waals surface area contributed by atoms with Gasteiger partial charge in [0.05, 0.1) is 0 Å². The van der Waals surface area contributed by atoms with Crippen molar-refractivity contribution < 1.29 is 0 Å². The Bertz CT molecular complexity index is 310. The van der Waals surface area contributed by atoms with Crippen molar-refractivity contribution in [1.82, 2.24) is 4.98 Å². The maximum atomic E-state index is 4.35. The first kappa shape index (κ1) is 10.9. The van der Waals surface area contributed by atoms with Crippen LogP contribution in [0.1, 0.15) is 32.6 Å². The van der Waals surface area contributed by atoms with Crippen LogP contribution in [0.4, 0.5) is 5.82 Å². The van der Waals surface area contributed by atoms with E-state index < -0.39 is 0 Å². The highest BCUT2D eigenvalue weighted by Gasteiger charge is 2.20. The van der Waals surface area contributed by atoms with Crippen LogP contribution in [0.2, 0.25) is 0 Å². The molecule has 82 valence electrons. The van der Waals surface area contributed by atoms with Crippen molar-refractivity contribution in [2.45, 2.75) is 38.6 Å². The van der Waals surface area contributed by atoms with Crippen molar-refractivity contribution in [3.05, 3.63) is 22.8 Å². The maximum absolute atomic E-state index is 4.35. The summed E-state index contributed by atoms with van der Waals surface area (Å²) in [6, 6.07) is 4.67. The van der Waals surface area contributed by atoms with Crippen molar-refractivity contribution in [3.63, 3.8) is 0 Å². The molecule has 1 aliphatic rings. The Hall–Kier alpha value is -0.570. The van der Waals surface area contributed by atoms with Crippen LogP contribution in [0, 0.1) is 5.92 Å². The lowest BCUT2D eigenvalue weighted by molar-refractivity contribution is 0.349. The Labute approximate surface area is 99.6 Å². The lowest BCUT2D eigenvalue weighted by Crippen LogP contribution is -2.30. The van der Waals surface area contributed by atoms with Crippen molar-refractivity contribution >= 4 is 21.7 Å². The van der Waals surface area contributed by atoms with E-state index in [9.17, 15) is 0 Å². The number of aromatic nitrogens is 1. The van der Waals surface area contributed by atoms with Crippen molar-refractivity contribution in [2.24, 2.45) is 5.92 Å². The normalized spacial score (nSPS) is 26.3. The van der Waals surface area contributed by atoms with Crippen LogP contribution in [0.3, 0.4) is 0 Å². The van der Waals surface area contributed by atoms with Crippen LogP contribution in [-0.4, -0.2) is 11.0 Å². The second-order valence-corrected chi connectivity index (χ2v) is 5.29. The van der Waals surface area contributed by atoms with Gasteiger partial charge in [0.1, 0.15) is 5.82 Å². The number of rotatable bonds is 2. The minimum absolute atomic E-state index is 0.604. The molecule has 1 aromatic heterocycles. The van der Waals surface area contributed by atoms with Crippen molar-refractivity contribution in [1.29, 1.82) is 0 Å². The van der Waals surface area contributed by atoms with Crippen LogP contribution >= 0.6 is 15.9 Å². The average molecular weight is 269 g/mol. The number of nitrogens with one attached hydrogen (secondary N) is 1. The lowest BCUT2D eigenvalue weighted by Gasteiger charge is -2.29. The molecule has 0 radical (unpaired) electrons. The first-order valence-electron chi connectivity index (χ1n) is 5.64. The molecule has 2 rings (SSSR count). The summed E-state index contributed by atoms with van der Waals surface area (Å²) in [7, 11) is 0. The fourth-order valence-corrected chi connectivity index (χ4v) is 2.42. The van der Waals surface area contributed by atoms with Gasteiger partial charge in [-0.25, -0.2) is 4.98 Å². The molecular weight excluding hydrogens is 252 g/mol. The van der Waals surface area contributed by atoms with Gasteiger partial charge in [-0.1, -0.05) is 19.8 Å². The zero-order valence-electron chi connectivity index (χ0n) is 9.04. The SMILES string of the molecule is CC1CCCCC1Nc1ccc(Br)cn1. The van der Waals surface area contributed by atoms with Crippen molar-refractivity contribution in [3.8, 4) is 0 Å². The number of anilines is 1. The molecule has 15 heavy (non-hydrogen) atoms. The molecule has 1 saturated carbocycles. The Morgan fingerprint density at radius 2 is 2.13 bits per heavy atom. The van der Waals surface area contributed by atoms with Gasteiger partial charge in [0.2, 0.25) is 0 Å². The highest BCUT2D eigenvalue weighted by atomic mass is 79.9. The van der Waals surface area contributed by atoms with E-state index in [0.29, 0.717) is 6.04 Å². The first-order valence-corrected chi connectivity index (χ1v) is 6.43. The van der Waals surface area contributed by atoms with Gasteiger partial charge >= 0.3 is 0 Å². The third-order valence-electron chi connectivity index (χ3n) is 3.17. The van der Waals surface area contributed by atoms with Gasteiger partial charge in [-0.2, -0.15) is 0 Å². The number of halogens is 1. The van der Waals surface area contributed by atoms with Gasteiger partial charge in [-0.15, -0.1) is 0 Å². The minimum atomic E-state index is 0.604. The summed E-state index contributed by atoms with van der Waals surface area (Å²) in [5, 5.41) is 3.53. The summed E-state index contributed by atoms with van der Waals surface area (Å²) in [5.74, 6) is 1.76. The van der Waals surface area contributed by atoms with Crippen molar-refractivity contribution in [2.75, 3.05) is 5.32 Å². The zero-order valence-corrected chi connectivity index (χ0v) is 10.6. The largest absolute Gasteiger partial charge is 0.367 e. The van der Waals surface area contributed by atoms with E-state index in [1.165, 1.54) is 25.7 Å². The Morgan fingerprint density at radius 3 is 2.80 bits per heavy atom. The second kappa shape index (κ2) is 4.97. The molecule has 1 fully saturated rings. The molecule has 0 saturated heterocycles. The van der Waals surface area contributed by atoms with Gasteiger partial charge in [-0.05, 0) is 46.8 Å². The Balaban J connectivity index is 1.98. The van der Waals surface area contributed by atoms with Gasteiger partial charge < -0.3 is 5.32 Å². The smallest absolute Gasteiger partial charge is 0.126 e. The van der Waals surface area contributed by atoms with Crippen LogP contribution in [-0.2, 0) is 0 Å². The highest BCUT2D eigenvalue weighted by Crippen LogP contribution is 2.26. The number of nitrogens with zero attached hydrogens (tertiary/aromatic N) is 1. The molecule has 0 spiro atoms. The summed E-state index contributed by atoms with van der Waals surface area (Å²) < 4.78 is 1.03. The quantitative estimate of drug-likeness (QED) is 0.882. The third kappa shape index (κ3) is 2.94. The third-order valence-corrected chi connectivity index (χ3v) is 3.64. The summed E-state index contributed by atoms with van der Waals surface area (Å²) in [4.78, 5) is 4.35. The van der Waals surface area contributed by atoms with E-state index in [4.69, 9.17) is 0 Å². The molecule has 0 amide bonds. The molecule has 1 aliphatic carbocycles. The summed E-state index contributed by atoms with van der Waals surface area (Å²) in [6.45, 7) is 2.33. The van der Waals surface area contributed by atoms with Crippen LogP contribution in [0.25, 0.3) is 0 Å². The number of hydrogen-bond acceptors (Lipinski definition) is 2. The second-order valence-electron chi connectivity index (χ2n) is 4.37. The molecular formula is C12H17BrN2. The highest BCUT2D eigenvalue weighted by molar-refractivity contribution is 9.10. The molecule has 0 bridgehead atoms. The average Bonchev–Trinajstić information content (AvgIpc) is 2.25. The standard InChI is InChI=1S/C12H17BrN2/c1-9-4-2-3-5-11(9)15-12-7-6-10(13)8-14-12/h6-9,11H,2-5H2,1H3,(H,14,15). The molecule has 2 nitrogen and oxygen atoms in total. The van der Waals surface area contributed by atoms with Gasteiger partial charge in [0.25, 0.3) is 0 Å². The number of hydrogen-bond donors (Lipinski definition) is 1. The van der Waals surface area contributed by atoms with Crippen LogP contribution in [0.15, 0.2) is 22.8 Å². The molecule has 0 aromatic carbocycles. The molecule has 1 aromatic rings. The van der Waals surface area contributed by atoms with E-state index >= 15 is 0 Å². The molecule has 1 heterocycles. The summed E-state index contributed by atoms with van der Waals surface area (Å²) >= 11 is 3.39. The topological polar surface area (TPSA) is 24.9 Å². The fraction of sp³-hybridized carbons (Fsp3) is 0.583. The first-order chi connectivity index (χ1) is 7.25. The fourth-order valence-electron chi connectivity index (χ4n) is 2.18. The van der Waals surface area contributed by atoms with Gasteiger partial charge in [0.15, 0.2) is 0 Å². The predicted octanol–water partition coefficient (Wildman–Crippen LogP) is 3.83. The van der Waals surface area contributed by atoms with Crippen LogP contribution in [0.5, 0.6) is 0 Å². The van der Waals surface area contributed by atoms with Gasteiger partial charge in [0, 0.05) is 16.7 Å². The van der Waals surface area contributed by atoms with E-state index in [-0.39, 0.29) is 0 Å². The van der Waals surface area contributed by atoms with E-state index in [2.05, 4.69) is 33.2 Å². The number of pyridine rings is 1. The maximum Gasteiger partial charge on any atom is 0.126 e. The molecule has 0 aliphatic heterocycles. The predicted molar refractivity (Wildman–Crippen MR) is 67.0 cm³/mol. The van der Waals surface area contributed by atoms with E-state index in [0.717, 1.165) is 16.2 Å². The van der Waals surface area contributed by atoms with E-state index in [1.807, 2.05) is 18.3 Å². The summed E-state index contributed by atoms with van der Waals surface area (Å²) in [6.07, 6.45) is 7.19. The Kier molecular flexibility index (Phi) is 3.62. The zero-order chi connectivity index (χ0) is 10.7. The van der Waals surface area contributed by atoms with Crippen LogP contribution < -0.4 is 5.32 Å². The molecule has 1 N–H and O–H groups in total. The molecule has 2 unspecified atom stereocenters.